The summed E-state index contributed by atoms with van der Waals surface area (Å²) in [5.41, 5.74) is 6.69. The third-order valence-electron chi connectivity index (χ3n) is 7.07. The van der Waals surface area contributed by atoms with Gasteiger partial charge in [0.1, 0.15) is 5.82 Å². The molecule has 1 aliphatic heterocycles. The summed E-state index contributed by atoms with van der Waals surface area (Å²) >= 11 is 5.78. The highest BCUT2D eigenvalue weighted by atomic mass is 32.1. The number of nitrogens with zero attached hydrogens (tertiary/aromatic N) is 3. The van der Waals surface area contributed by atoms with E-state index in [9.17, 15) is 9.18 Å². The third-order valence-corrected chi connectivity index (χ3v) is 7.42. The number of aryl methyl sites for hydroxylation is 2. The maximum Gasteiger partial charge on any atom is 0.226 e. The lowest BCUT2D eigenvalue weighted by molar-refractivity contribution is -0.116. The average molecular weight is 528 g/mol. The van der Waals surface area contributed by atoms with Crippen LogP contribution in [0.1, 0.15) is 46.7 Å². The fourth-order valence-corrected chi connectivity index (χ4v) is 5.59. The number of carbonyl (C=O) groups is 1. The van der Waals surface area contributed by atoms with Gasteiger partial charge in [-0.1, -0.05) is 36.4 Å². The van der Waals surface area contributed by atoms with E-state index in [0.717, 1.165) is 28.3 Å². The number of hydrogen-bond donors (Lipinski definition) is 2. The lowest BCUT2D eigenvalue weighted by Crippen LogP contribution is -2.33. The van der Waals surface area contributed by atoms with Crippen LogP contribution in [0, 0.1) is 26.6 Å². The van der Waals surface area contributed by atoms with E-state index in [-0.39, 0.29) is 30.1 Å². The number of para-hydroxylation sites is 2. The summed E-state index contributed by atoms with van der Waals surface area (Å²) in [6.07, 6.45) is 1.93. The maximum atomic E-state index is 14.1. The number of carbonyl (C=O) groups excluding carboxylic acids is 1. The molecule has 5 rings (SSSR count). The van der Waals surface area contributed by atoms with Gasteiger partial charge < -0.3 is 20.1 Å². The van der Waals surface area contributed by atoms with Gasteiger partial charge in [0.2, 0.25) is 5.91 Å². The first-order chi connectivity index (χ1) is 18.3. The zero-order chi connectivity index (χ0) is 26.8. The molecule has 1 amide bonds. The molecule has 6 nitrogen and oxygen atoms in total. The Bertz CT molecular complexity index is 1490. The van der Waals surface area contributed by atoms with Crippen LogP contribution in [0.3, 0.4) is 0 Å². The Hall–Kier alpha value is -4.04. The quantitative estimate of drug-likeness (QED) is 0.292. The smallest absolute Gasteiger partial charge is 0.226 e. The van der Waals surface area contributed by atoms with Gasteiger partial charge in [0, 0.05) is 36.2 Å². The Balaban J connectivity index is 1.48. The SMILES string of the molecule is Cc1ccccc1-n1c(C)cc([C@H]2[C@@H](c3ccccn3)NC(=S)N2CCC(=O)Nc2ccccc2F)c1C. The number of anilines is 1. The van der Waals surface area contributed by atoms with Crippen LogP contribution in [0.15, 0.2) is 79.0 Å². The molecular formula is C30H30FN5OS. The van der Waals surface area contributed by atoms with Crippen molar-refractivity contribution < 1.29 is 9.18 Å². The van der Waals surface area contributed by atoms with Crippen molar-refractivity contribution in [2.75, 3.05) is 11.9 Å². The van der Waals surface area contributed by atoms with Crippen molar-refractivity contribution in [1.29, 1.82) is 0 Å². The number of amides is 1. The second-order valence-electron chi connectivity index (χ2n) is 9.55. The minimum absolute atomic E-state index is 0.151. The number of pyridine rings is 1. The highest BCUT2D eigenvalue weighted by Crippen LogP contribution is 2.41. The predicted octanol–water partition coefficient (Wildman–Crippen LogP) is 5.94. The zero-order valence-electron chi connectivity index (χ0n) is 21.6. The van der Waals surface area contributed by atoms with Crippen LogP contribution in [0.4, 0.5) is 10.1 Å². The molecule has 194 valence electrons. The summed E-state index contributed by atoms with van der Waals surface area (Å²) in [5, 5.41) is 6.69. The van der Waals surface area contributed by atoms with Gasteiger partial charge in [0.15, 0.2) is 5.11 Å². The minimum Gasteiger partial charge on any atom is -0.352 e. The van der Waals surface area contributed by atoms with E-state index in [0.29, 0.717) is 11.7 Å². The molecule has 1 fully saturated rings. The molecule has 0 radical (unpaired) electrons. The van der Waals surface area contributed by atoms with Gasteiger partial charge in [0.05, 0.1) is 23.5 Å². The van der Waals surface area contributed by atoms with Crippen molar-refractivity contribution in [3.05, 3.63) is 113 Å². The molecule has 38 heavy (non-hydrogen) atoms. The van der Waals surface area contributed by atoms with Crippen LogP contribution < -0.4 is 10.6 Å². The van der Waals surface area contributed by atoms with E-state index >= 15 is 0 Å². The molecule has 1 saturated heterocycles. The van der Waals surface area contributed by atoms with Crippen molar-refractivity contribution in [2.45, 2.75) is 39.3 Å². The number of rotatable bonds is 7. The monoisotopic (exact) mass is 527 g/mol. The molecule has 0 aliphatic carbocycles. The van der Waals surface area contributed by atoms with Gasteiger partial charge in [-0.2, -0.15) is 0 Å². The number of halogens is 1. The Morgan fingerprint density at radius 2 is 1.79 bits per heavy atom. The van der Waals surface area contributed by atoms with Gasteiger partial charge in [-0.3, -0.25) is 9.78 Å². The van der Waals surface area contributed by atoms with Gasteiger partial charge in [-0.05, 0) is 80.5 Å². The normalized spacial score (nSPS) is 16.9. The second kappa shape index (κ2) is 10.8. The number of hydrogen-bond acceptors (Lipinski definition) is 3. The Morgan fingerprint density at radius 1 is 1.05 bits per heavy atom. The van der Waals surface area contributed by atoms with E-state index in [1.807, 2.05) is 30.3 Å². The zero-order valence-corrected chi connectivity index (χ0v) is 22.4. The first-order valence-electron chi connectivity index (χ1n) is 12.6. The number of nitrogens with one attached hydrogen (secondary N) is 2. The molecule has 4 aromatic rings. The molecule has 0 spiro atoms. The van der Waals surface area contributed by atoms with Crippen molar-refractivity contribution in [1.82, 2.24) is 19.8 Å². The Morgan fingerprint density at radius 3 is 2.53 bits per heavy atom. The second-order valence-corrected chi connectivity index (χ2v) is 9.93. The summed E-state index contributed by atoms with van der Waals surface area (Å²) < 4.78 is 16.3. The molecular weight excluding hydrogens is 497 g/mol. The van der Waals surface area contributed by atoms with Gasteiger partial charge in [-0.25, -0.2) is 4.39 Å². The van der Waals surface area contributed by atoms with E-state index < -0.39 is 5.82 Å². The number of aromatic nitrogens is 2. The van der Waals surface area contributed by atoms with Gasteiger partial charge in [-0.15, -0.1) is 0 Å². The van der Waals surface area contributed by atoms with Crippen LogP contribution in [-0.4, -0.2) is 32.0 Å². The lowest BCUT2D eigenvalue weighted by Gasteiger charge is -2.28. The van der Waals surface area contributed by atoms with E-state index in [4.69, 9.17) is 12.2 Å². The molecule has 3 heterocycles. The minimum atomic E-state index is -0.462. The van der Waals surface area contributed by atoms with Gasteiger partial charge in [0.25, 0.3) is 0 Å². The van der Waals surface area contributed by atoms with Crippen LogP contribution in [-0.2, 0) is 4.79 Å². The molecule has 2 N–H and O–H groups in total. The molecule has 8 heteroatoms. The van der Waals surface area contributed by atoms with Crippen LogP contribution in [0.2, 0.25) is 0 Å². The molecule has 2 aromatic heterocycles. The topological polar surface area (TPSA) is 62.2 Å². The maximum absolute atomic E-state index is 14.1. The predicted molar refractivity (Wildman–Crippen MR) is 152 cm³/mol. The highest BCUT2D eigenvalue weighted by Gasteiger charge is 2.41. The summed E-state index contributed by atoms with van der Waals surface area (Å²) in [6, 6.07) is 22.1. The lowest BCUT2D eigenvalue weighted by atomic mass is 9.96. The Kier molecular flexibility index (Phi) is 7.24. The number of thiocarbonyl (C=S) groups is 1. The fourth-order valence-electron chi connectivity index (χ4n) is 5.25. The van der Waals surface area contributed by atoms with Crippen molar-refractivity contribution in [2.24, 2.45) is 0 Å². The molecule has 2 atom stereocenters. The summed E-state index contributed by atoms with van der Waals surface area (Å²) in [5.74, 6) is -0.737. The number of benzene rings is 2. The first kappa shape index (κ1) is 25.6. The van der Waals surface area contributed by atoms with E-state index in [1.165, 1.54) is 11.6 Å². The van der Waals surface area contributed by atoms with Crippen molar-refractivity contribution in [3.8, 4) is 5.69 Å². The first-order valence-corrected chi connectivity index (χ1v) is 13.0. The Labute approximate surface area is 227 Å². The molecule has 0 unspecified atom stereocenters. The summed E-state index contributed by atoms with van der Waals surface area (Å²) in [7, 11) is 0. The van der Waals surface area contributed by atoms with E-state index in [1.54, 1.807) is 24.4 Å². The molecule has 0 saturated carbocycles. The third kappa shape index (κ3) is 4.91. The van der Waals surface area contributed by atoms with E-state index in [2.05, 4.69) is 64.1 Å². The average Bonchev–Trinajstić information content (AvgIpc) is 3.39. The van der Waals surface area contributed by atoms with Crippen molar-refractivity contribution >= 4 is 28.9 Å². The largest absolute Gasteiger partial charge is 0.352 e. The molecule has 2 aromatic carbocycles. The molecule has 0 bridgehead atoms. The van der Waals surface area contributed by atoms with Gasteiger partial charge >= 0.3 is 0 Å². The van der Waals surface area contributed by atoms with Crippen LogP contribution >= 0.6 is 12.2 Å². The fraction of sp³-hybridized carbons (Fsp3) is 0.233. The van der Waals surface area contributed by atoms with Crippen molar-refractivity contribution in [3.63, 3.8) is 0 Å². The highest BCUT2D eigenvalue weighted by molar-refractivity contribution is 7.80. The standard InChI is InChI=1S/C30H30FN5OS/c1-19-10-4-7-14-26(19)36-20(2)18-22(21(36)3)29-28(25-13-8-9-16-32-25)34-30(38)35(29)17-15-27(37)33-24-12-6-5-11-23(24)31/h4-14,16,18,28-29H,15,17H2,1-3H3,(H,33,37)(H,34,38)/t28-,29+/m1/s1. The van der Waals surface area contributed by atoms with Crippen LogP contribution in [0.25, 0.3) is 5.69 Å². The van der Waals surface area contributed by atoms with Crippen LogP contribution in [0.5, 0.6) is 0 Å². The summed E-state index contributed by atoms with van der Waals surface area (Å²) in [6.45, 7) is 6.70. The summed E-state index contributed by atoms with van der Waals surface area (Å²) in [4.78, 5) is 19.5. The molecule has 1 aliphatic rings.